The highest BCUT2D eigenvalue weighted by Crippen LogP contribution is 2.20. The lowest BCUT2D eigenvalue weighted by Crippen LogP contribution is -2.49. The molecule has 1 fully saturated rings. The lowest BCUT2D eigenvalue weighted by atomic mass is 10.1. The second-order valence-electron chi connectivity index (χ2n) is 6.86. The first-order valence-electron chi connectivity index (χ1n) is 9.44. The van der Waals surface area contributed by atoms with Gasteiger partial charge in [-0.2, -0.15) is 5.26 Å². The van der Waals surface area contributed by atoms with E-state index in [0.717, 1.165) is 48.4 Å². The van der Waals surface area contributed by atoms with Crippen LogP contribution < -0.4 is 4.90 Å². The Morgan fingerprint density at radius 1 is 1.14 bits per heavy atom. The Kier molecular flexibility index (Phi) is 5.20. The predicted molar refractivity (Wildman–Crippen MR) is 105 cm³/mol. The molecule has 2 aromatic heterocycles. The number of carbonyl (C=O) groups excluding carboxylic acids is 1. The molecule has 1 amide bonds. The van der Waals surface area contributed by atoms with Crippen molar-refractivity contribution >= 4 is 22.8 Å². The number of amides is 1. The van der Waals surface area contributed by atoms with Crippen LogP contribution in [-0.4, -0.2) is 47.0 Å². The molecule has 3 aromatic rings. The number of pyridine rings is 1. The van der Waals surface area contributed by atoms with Crippen molar-refractivity contribution in [2.75, 3.05) is 31.1 Å². The molecule has 0 saturated carbocycles. The van der Waals surface area contributed by atoms with Crippen molar-refractivity contribution in [2.45, 2.75) is 19.3 Å². The molecule has 0 atom stereocenters. The SMILES string of the molecule is N#Cc1ccc(N2CCN(C(=O)CCCc3cccc4ncoc34)CC2)nc1. The third kappa shape index (κ3) is 3.81. The first-order valence-corrected chi connectivity index (χ1v) is 9.44. The monoisotopic (exact) mass is 375 g/mol. The van der Waals surface area contributed by atoms with Gasteiger partial charge in [-0.1, -0.05) is 12.1 Å². The molecule has 7 heteroatoms. The molecule has 0 unspecified atom stereocenters. The van der Waals surface area contributed by atoms with Crippen LogP contribution in [0.25, 0.3) is 11.1 Å². The summed E-state index contributed by atoms with van der Waals surface area (Å²) in [6.07, 6.45) is 5.16. The Hall–Kier alpha value is -3.40. The summed E-state index contributed by atoms with van der Waals surface area (Å²) in [6.45, 7) is 2.89. The average Bonchev–Trinajstić information content (AvgIpc) is 3.24. The number of oxazole rings is 1. The van der Waals surface area contributed by atoms with Crippen LogP contribution in [0.3, 0.4) is 0 Å². The highest BCUT2D eigenvalue weighted by Gasteiger charge is 2.21. The van der Waals surface area contributed by atoms with Crippen LogP contribution in [0, 0.1) is 11.3 Å². The van der Waals surface area contributed by atoms with Gasteiger partial charge >= 0.3 is 0 Å². The quantitative estimate of drug-likeness (QED) is 0.682. The summed E-state index contributed by atoms with van der Waals surface area (Å²) in [7, 11) is 0. The summed E-state index contributed by atoms with van der Waals surface area (Å²) in [5.41, 5.74) is 3.33. The van der Waals surface area contributed by atoms with E-state index in [1.54, 1.807) is 12.3 Å². The summed E-state index contributed by atoms with van der Waals surface area (Å²) >= 11 is 0. The highest BCUT2D eigenvalue weighted by molar-refractivity contribution is 5.77. The second-order valence-corrected chi connectivity index (χ2v) is 6.86. The normalized spacial score (nSPS) is 14.2. The number of benzene rings is 1. The lowest BCUT2D eigenvalue weighted by molar-refractivity contribution is -0.131. The van der Waals surface area contributed by atoms with Gasteiger partial charge in [-0.25, -0.2) is 9.97 Å². The number of hydrogen-bond acceptors (Lipinski definition) is 6. The number of piperazine rings is 1. The molecular formula is C21H21N5O2. The molecule has 3 heterocycles. The smallest absolute Gasteiger partial charge is 0.222 e. The summed E-state index contributed by atoms with van der Waals surface area (Å²) in [5.74, 6) is 1.04. The topological polar surface area (TPSA) is 86.3 Å². The van der Waals surface area contributed by atoms with Gasteiger partial charge in [-0.15, -0.1) is 0 Å². The van der Waals surface area contributed by atoms with Crippen molar-refractivity contribution in [1.29, 1.82) is 5.26 Å². The number of carbonyl (C=O) groups is 1. The van der Waals surface area contributed by atoms with Gasteiger partial charge in [0.15, 0.2) is 12.0 Å². The molecule has 0 radical (unpaired) electrons. The number of para-hydroxylation sites is 1. The van der Waals surface area contributed by atoms with Crippen molar-refractivity contribution in [3.05, 3.63) is 54.0 Å². The van der Waals surface area contributed by atoms with E-state index in [9.17, 15) is 4.79 Å². The van der Waals surface area contributed by atoms with Crippen LogP contribution >= 0.6 is 0 Å². The number of nitriles is 1. The number of hydrogen-bond donors (Lipinski definition) is 0. The summed E-state index contributed by atoms with van der Waals surface area (Å²) < 4.78 is 5.46. The van der Waals surface area contributed by atoms with Crippen molar-refractivity contribution in [1.82, 2.24) is 14.9 Å². The molecule has 1 saturated heterocycles. The standard InChI is InChI=1S/C21H21N5O2/c22-13-16-7-8-19(23-14-16)25-9-11-26(12-10-25)20(27)6-2-4-17-3-1-5-18-21(17)28-15-24-18/h1,3,5,7-8,14-15H,2,4,6,9-12H2. The molecule has 1 aliphatic rings. The number of aromatic nitrogens is 2. The third-order valence-corrected chi connectivity index (χ3v) is 5.11. The zero-order valence-corrected chi connectivity index (χ0v) is 15.5. The first-order chi connectivity index (χ1) is 13.7. The minimum atomic E-state index is 0.192. The second kappa shape index (κ2) is 8.09. The number of aryl methyl sites for hydroxylation is 1. The molecule has 7 nitrogen and oxygen atoms in total. The fourth-order valence-corrected chi connectivity index (χ4v) is 3.55. The van der Waals surface area contributed by atoms with E-state index in [-0.39, 0.29) is 5.91 Å². The Labute approximate surface area is 163 Å². The Morgan fingerprint density at radius 2 is 2.00 bits per heavy atom. The predicted octanol–water partition coefficient (Wildman–Crippen LogP) is 2.77. The first kappa shape index (κ1) is 18.0. The molecule has 0 spiro atoms. The number of anilines is 1. The van der Waals surface area contributed by atoms with E-state index in [1.165, 1.54) is 6.39 Å². The molecule has 1 aliphatic heterocycles. The highest BCUT2D eigenvalue weighted by atomic mass is 16.3. The van der Waals surface area contributed by atoms with Crippen molar-refractivity contribution in [3.8, 4) is 6.07 Å². The maximum Gasteiger partial charge on any atom is 0.222 e. The van der Waals surface area contributed by atoms with Gasteiger partial charge in [0.2, 0.25) is 5.91 Å². The largest absolute Gasteiger partial charge is 0.443 e. The number of nitrogens with zero attached hydrogens (tertiary/aromatic N) is 5. The van der Waals surface area contributed by atoms with Crippen LogP contribution in [0.4, 0.5) is 5.82 Å². The van der Waals surface area contributed by atoms with Crippen LogP contribution in [0.1, 0.15) is 24.0 Å². The number of fused-ring (bicyclic) bond motifs is 1. The Balaban J connectivity index is 1.26. The van der Waals surface area contributed by atoms with Crippen molar-refractivity contribution in [3.63, 3.8) is 0 Å². The summed E-state index contributed by atoms with van der Waals surface area (Å²) in [6, 6.07) is 11.6. The summed E-state index contributed by atoms with van der Waals surface area (Å²) in [4.78, 5) is 25.1. The maximum atomic E-state index is 12.5. The third-order valence-electron chi connectivity index (χ3n) is 5.11. The minimum absolute atomic E-state index is 0.192. The Morgan fingerprint density at radius 3 is 2.75 bits per heavy atom. The molecular weight excluding hydrogens is 354 g/mol. The van der Waals surface area contributed by atoms with Gasteiger partial charge in [0.05, 0.1) is 5.56 Å². The van der Waals surface area contributed by atoms with E-state index in [0.29, 0.717) is 25.1 Å². The van der Waals surface area contributed by atoms with Gasteiger partial charge in [0.1, 0.15) is 17.4 Å². The van der Waals surface area contributed by atoms with E-state index in [1.807, 2.05) is 29.2 Å². The molecule has 4 rings (SSSR count). The fourth-order valence-electron chi connectivity index (χ4n) is 3.55. The van der Waals surface area contributed by atoms with E-state index >= 15 is 0 Å². The molecule has 0 N–H and O–H groups in total. The van der Waals surface area contributed by atoms with Gasteiger partial charge in [0, 0.05) is 38.8 Å². The zero-order chi connectivity index (χ0) is 19.3. The molecule has 142 valence electrons. The van der Waals surface area contributed by atoms with E-state index in [2.05, 4.69) is 20.9 Å². The van der Waals surface area contributed by atoms with Crippen molar-refractivity contribution < 1.29 is 9.21 Å². The van der Waals surface area contributed by atoms with E-state index < -0.39 is 0 Å². The fraction of sp³-hybridized carbons (Fsp3) is 0.333. The molecule has 0 aliphatic carbocycles. The zero-order valence-electron chi connectivity index (χ0n) is 15.5. The molecule has 0 bridgehead atoms. The lowest BCUT2D eigenvalue weighted by Gasteiger charge is -2.35. The van der Waals surface area contributed by atoms with Crippen LogP contribution in [-0.2, 0) is 11.2 Å². The van der Waals surface area contributed by atoms with Gasteiger partial charge in [-0.05, 0) is 36.6 Å². The molecule has 28 heavy (non-hydrogen) atoms. The van der Waals surface area contributed by atoms with Crippen molar-refractivity contribution in [2.24, 2.45) is 0 Å². The van der Waals surface area contributed by atoms with Crippen LogP contribution in [0.2, 0.25) is 0 Å². The average molecular weight is 375 g/mol. The van der Waals surface area contributed by atoms with Crippen LogP contribution in [0.15, 0.2) is 47.3 Å². The summed E-state index contributed by atoms with van der Waals surface area (Å²) in [5, 5.41) is 8.86. The van der Waals surface area contributed by atoms with Crippen LogP contribution in [0.5, 0.6) is 0 Å². The van der Waals surface area contributed by atoms with Gasteiger partial charge in [0.25, 0.3) is 0 Å². The maximum absolute atomic E-state index is 12.5. The Bertz CT molecular complexity index is 998. The van der Waals surface area contributed by atoms with Gasteiger partial charge < -0.3 is 14.2 Å². The minimum Gasteiger partial charge on any atom is -0.443 e. The van der Waals surface area contributed by atoms with Gasteiger partial charge in [-0.3, -0.25) is 4.79 Å². The van der Waals surface area contributed by atoms with E-state index in [4.69, 9.17) is 9.68 Å². The number of rotatable bonds is 5. The molecule has 1 aromatic carbocycles.